The Labute approximate surface area is 206 Å². The quantitative estimate of drug-likeness (QED) is 0.481. The molecule has 0 unspecified atom stereocenters. The molecule has 1 fully saturated rings. The highest BCUT2D eigenvalue weighted by atomic mass is 16.2. The van der Waals surface area contributed by atoms with E-state index < -0.39 is 0 Å². The van der Waals surface area contributed by atoms with Gasteiger partial charge in [0.1, 0.15) is 5.69 Å². The number of nitrogens with zero attached hydrogens (tertiary/aromatic N) is 5. The molecule has 7 nitrogen and oxygen atoms in total. The van der Waals surface area contributed by atoms with Crippen molar-refractivity contribution in [1.29, 1.82) is 0 Å². The van der Waals surface area contributed by atoms with Crippen LogP contribution in [0.4, 0.5) is 0 Å². The van der Waals surface area contributed by atoms with E-state index in [1.165, 1.54) is 18.0 Å². The fourth-order valence-electron chi connectivity index (χ4n) is 4.10. The van der Waals surface area contributed by atoms with Crippen molar-refractivity contribution in [2.45, 2.75) is 13.0 Å². The van der Waals surface area contributed by atoms with Gasteiger partial charge >= 0.3 is 0 Å². The summed E-state index contributed by atoms with van der Waals surface area (Å²) in [5, 5.41) is 0. The summed E-state index contributed by atoms with van der Waals surface area (Å²) in [7, 11) is 0. The van der Waals surface area contributed by atoms with Crippen LogP contribution in [0.25, 0.3) is 6.08 Å². The number of benzene rings is 2. The molecule has 35 heavy (non-hydrogen) atoms. The standard InChI is InChI=1S/C28H31N5O2/c34-27(32-20-18-31(19-21-32)16-7-12-24-8-3-1-4-9-24)13-17-33(23-25-10-5-2-6-11-25)28(35)26-22-29-14-15-30-26/h1-12,14-15,22H,13,16-21,23H2/b12-7+. The summed E-state index contributed by atoms with van der Waals surface area (Å²) in [5.41, 5.74) is 2.49. The maximum atomic E-state index is 13.1. The van der Waals surface area contributed by atoms with Gasteiger partial charge in [0.2, 0.25) is 5.91 Å². The van der Waals surface area contributed by atoms with Crippen molar-refractivity contribution >= 4 is 17.9 Å². The van der Waals surface area contributed by atoms with Crippen molar-refractivity contribution in [1.82, 2.24) is 24.7 Å². The molecule has 2 amide bonds. The monoisotopic (exact) mass is 469 g/mol. The molecule has 1 aliphatic heterocycles. The average molecular weight is 470 g/mol. The van der Waals surface area contributed by atoms with Crippen LogP contribution in [0.2, 0.25) is 0 Å². The predicted octanol–water partition coefficient (Wildman–Crippen LogP) is 3.37. The molecule has 2 aromatic carbocycles. The fourth-order valence-corrected chi connectivity index (χ4v) is 4.10. The number of piperazine rings is 1. The van der Waals surface area contributed by atoms with Crippen molar-refractivity contribution < 1.29 is 9.59 Å². The molecular formula is C28H31N5O2. The lowest BCUT2D eigenvalue weighted by atomic mass is 10.2. The van der Waals surface area contributed by atoms with E-state index in [-0.39, 0.29) is 23.9 Å². The highest BCUT2D eigenvalue weighted by Gasteiger charge is 2.23. The first-order valence-corrected chi connectivity index (χ1v) is 12.0. The summed E-state index contributed by atoms with van der Waals surface area (Å²) in [6.07, 6.45) is 9.10. The third-order valence-electron chi connectivity index (χ3n) is 6.08. The molecule has 1 aliphatic rings. The molecule has 0 spiro atoms. The second-order valence-electron chi connectivity index (χ2n) is 8.55. The van der Waals surface area contributed by atoms with Gasteiger partial charge in [-0.15, -0.1) is 0 Å². The summed E-state index contributed by atoms with van der Waals surface area (Å²) in [6.45, 7) is 4.72. The van der Waals surface area contributed by atoms with Crippen molar-refractivity contribution in [2.75, 3.05) is 39.3 Å². The zero-order valence-electron chi connectivity index (χ0n) is 19.9. The minimum atomic E-state index is -0.218. The van der Waals surface area contributed by atoms with E-state index in [0.717, 1.165) is 25.2 Å². The normalized spacial score (nSPS) is 14.2. The number of hydrogen-bond acceptors (Lipinski definition) is 5. The van der Waals surface area contributed by atoms with Crippen LogP contribution in [0, 0.1) is 0 Å². The molecule has 0 N–H and O–H groups in total. The van der Waals surface area contributed by atoms with Crippen LogP contribution in [-0.2, 0) is 11.3 Å². The maximum Gasteiger partial charge on any atom is 0.274 e. The molecule has 0 atom stereocenters. The molecule has 180 valence electrons. The Bertz CT molecular complexity index is 1100. The summed E-state index contributed by atoms with van der Waals surface area (Å²) >= 11 is 0. The van der Waals surface area contributed by atoms with Crippen LogP contribution in [0.15, 0.2) is 85.3 Å². The minimum absolute atomic E-state index is 0.0782. The lowest BCUT2D eigenvalue weighted by molar-refractivity contribution is -0.133. The van der Waals surface area contributed by atoms with E-state index in [4.69, 9.17) is 0 Å². The lowest BCUT2D eigenvalue weighted by Gasteiger charge is -2.34. The Morgan fingerprint density at radius 3 is 2.31 bits per heavy atom. The summed E-state index contributed by atoms with van der Waals surface area (Å²) in [4.78, 5) is 40.1. The Kier molecular flexibility index (Phi) is 8.73. The molecule has 7 heteroatoms. The number of carbonyl (C=O) groups is 2. The van der Waals surface area contributed by atoms with E-state index in [2.05, 4.69) is 39.2 Å². The largest absolute Gasteiger partial charge is 0.340 e. The summed E-state index contributed by atoms with van der Waals surface area (Å²) < 4.78 is 0. The molecule has 2 heterocycles. The average Bonchev–Trinajstić information content (AvgIpc) is 2.92. The topological polar surface area (TPSA) is 69.6 Å². The molecule has 0 bridgehead atoms. The number of rotatable bonds is 9. The Hall–Kier alpha value is -3.84. The third kappa shape index (κ3) is 7.32. The number of carbonyl (C=O) groups excluding carboxylic acids is 2. The van der Waals surface area contributed by atoms with Crippen LogP contribution in [0.1, 0.15) is 28.0 Å². The highest BCUT2D eigenvalue weighted by molar-refractivity contribution is 5.92. The van der Waals surface area contributed by atoms with Crippen molar-refractivity contribution in [3.8, 4) is 0 Å². The second kappa shape index (κ2) is 12.6. The number of hydrogen-bond donors (Lipinski definition) is 0. The molecular weight excluding hydrogens is 438 g/mol. The zero-order chi connectivity index (χ0) is 24.3. The van der Waals surface area contributed by atoms with Gasteiger partial charge in [-0.25, -0.2) is 4.98 Å². The maximum absolute atomic E-state index is 13.1. The molecule has 3 aromatic rings. The Morgan fingerprint density at radius 2 is 1.63 bits per heavy atom. The summed E-state index contributed by atoms with van der Waals surface area (Å²) in [6, 6.07) is 20.0. The van der Waals surface area contributed by atoms with E-state index in [0.29, 0.717) is 26.2 Å². The van der Waals surface area contributed by atoms with Gasteiger partial charge < -0.3 is 9.80 Å². The van der Waals surface area contributed by atoms with Gasteiger partial charge in [0, 0.05) is 64.6 Å². The summed E-state index contributed by atoms with van der Waals surface area (Å²) in [5.74, 6) is -0.140. The van der Waals surface area contributed by atoms with Crippen molar-refractivity contribution in [3.63, 3.8) is 0 Å². The molecule has 4 rings (SSSR count). The molecule has 0 saturated carbocycles. The van der Waals surface area contributed by atoms with Crippen molar-refractivity contribution in [2.24, 2.45) is 0 Å². The number of amides is 2. The molecule has 0 radical (unpaired) electrons. The molecule has 1 saturated heterocycles. The lowest BCUT2D eigenvalue weighted by Crippen LogP contribution is -2.49. The first kappa shape index (κ1) is 24.3. The minimum Gasteiger partial charge on any atom is -0.340 e. The Morgan fingerprint density at radius 1 is 0.914 bits per heavy atom. The van der Waals surface area contributed by atoms with E-state index >= 15 is 0 Å². The van der Waals surface area contributed by atoms with Crippen LogP contribution >= 0.6 is 0 Å². The van der Waals surface area contributed by atoms with Crippen LogP contribution in [0.5, 0.6) is 0 Å². The van der Waals surface area contributed by atoms with E-state index in [1.807, 2.05) is 53.4 Å². The van der Waals surface area contributed by atoms with Crippen LogP contribution < -0.4 is 0 Å². The first-order chi connectivity index (χ1) is 17.2. The number of aromatic nitrogens is 2. The van der Waals surface area contributed by atoms with Gasteiger partial charge in [0.25, 0.3) is 5.91 Å². The van der Waals surface area contributed by atoms with Gasteiger partial charge in [-0.3, -0.25) is 19.5 Å². The first-order valence-electron chi connectivity index (χ1n) is 12.0. The third-order valence-corrected chi connectivity index (χ3v) is 6.08. The molecule has 1 aromatic heterocycles. The van der Waals surface area contributed by atoms with Gasteiger partial charge in [0.15, 0.2) is 0 Å². The predicted molar refractivity (Wildman–Crippen MR) is 136 cm³/mol. The zero-order valence-corrected chi connectivity index (χ0v) is 19.9. The van der Waals surface area contributed by atoms with Crippen molar-refractivity contribution in [3.05, 3.63) is 102 Å². The van der Waals surface area contributed by atoms with Gasteiger partial charge in [-0.2, -0.15) is 0 Å². The SMILES string of the molecule is O=C(CCN(Cc1ccccc1)C(=O)c1cnccn1)N1CCN(C/C=C/c2ccccc2)CC1. The van der Waals surface area contributed by atoms with E-state index in [9.17, 15) is 9.59 Å². The highest BCUT2D eigenvalue weighted by Crippen LogP contribution is 2.11. The molecule has 0 aliphatic carbocycles. The Balaban J connectivity index is 1.28. The smallest absolute Gasteiger partial charge is 0.274 e. The van der Waals surface area contributed by atoms with E-state index in [1.54, 1.807) is 11.1 Å². The second-order valence-corrected chi connectivity index (χ2v) is 8.55. The van der Waals surface area contributed by atoms with Crippen LogP contribution in [-0.4, -0.2) is 75.8 Å². The van der Waals surface area contributed by atoms with Gasteiger partial charge in [0.05, 0.1) is 6.20 Å². The van der Waals surface area contributed by atoms with Crippen LogP contribution in [0.3, 0.4) is 0 Å². The van der Waals surface area contributed by atoms with Gasteiger partial charge in [-0.05, 0) is 11.1 Å². The van der Waals surface area contributed by atoms with Gasteiger partial charge in [-0.1, -0.05) is 72.8 Å². The fraction of sp³-hybridized carbons (Fsp3) is 0.286.